The minimum absolute atomic E-state index is 0.0174. The monoisotopic (exact) mass is 369 g/mol. The first-order valence-electron chi connectivity index (χ1n) is 8.04. The van der Waals surface area contributed by atoms with Crippen LogP contribution >= 0.6 is 0 Å². The number of carbonyl (C=O) groups excluding carboxylic acids is 1. The summed E-state index contributed by atoms with van der Waals surface area (Å²) in [5.41, 5.74) is 2.09. The van der Waals surface area contributed by atoms with E-state index in [-0.39, 0.29) is 22.9 Å². The summed E-state index contributed by atoms with van der Waals surface area (Å²) in [7, 11) is -3.57. The molecule has 8 heteroatoms. The van der Waals surface area contributed by atoms with Crippen molar-refractivity contribution in [1.82, 2.24) is 14.8 Å². The largest absolute Gasteiger partial charge is 0.461 e. The molecule has 0 radical (unpaired) electrons. The highest BCUT2D eigenvalue weighted by Gasteiger charge is 2.36. The van der Waals surface area contributed by atoms with E-state index in [1.165, 1.54) is 0 Å². The van der Waals surface area contributed by atoms with Crippen molar-refractivity contribution in [3.63, 3.8) is 0 Å². The number of aromatic nitrogens is 3. The lowest BCUT2D eigenvalue weighted by Crippen LogP contribution is -2.16. The number of ether oxygens (including phenoxy) is 1. The van der Waals surface area contributed by atoms with Crippen LogP contribution in [0.25, 0.3) is 16.9 Å². The van der Waals surface area contributed by atoms with E-state index in [2.05, 4.69) is 10.1 Å². The number of hydrogen-bond donors (Lipinski definition) is 0. The summed E-state index contributed by atoms with van der Waals surface area (Å²) in [6.45, 7) is 1.87. The Morgan fingerprint density at radius 3 is 2.77 bits per heavy atom. The van der Waals surface area contributed by atoms with Gasteiger partial charge in [0, 0.05) is 17.3 Å². The maximum Gasteiger partial charge on any atom is 0.359 e. The van der Waals surface area contributed by atoms with Gasteiger partial charge in [0.1, 0.15) is 0 Å². The highest BCUT2D eigenvalue weighted by Crippen LogP contribution is 2.40. The molecule has 3 aromatic rings. The van der Waals surface area contributed by atoms with Crippen molar-refractivity contribution in [3.05, 3.63) is 60.0 Å². The Labute approximate surface area is 150 Å². The molecule has 0 unspecified atom stereocenters. The van der Waals surface area contributed by atoms with Crippen molar-refractivity contribution < 1.29 is 17.9 Å². The third-order valence-electron chi connectivity index (χ3n) is 4.15. The van der Waals surface area contributed by atoms with Crippen molar-refractivity contribution in [2.75, 3.05) is 6.61 Å². The number of benzene rings is 1. The molecule has 2 aromatic heterocycles. The first-order chi connectivity index (χ1) is 12.5. The zero-order chi connectivity index (χ0) is 18.3. The van der Waals surface area contributed by atoms with Crippen LogP contribution in [0.5, 0.6) is 0 Å². The number of fused-ring (bicyclic) bond motifs is 3. The molecule has 0 saturated heterocycles. The topological polar surface area (TPSA) is 91.2 Å². The van der Waals surface area contributed by atoms with E-state index in [9.17, 15) is 13.2 Å². The summed E-state index contributed by atoms with van der Waals surface area (Å²) in [5, 5.41) is 4.38. The van der Waals surface area contributed by atoms with Gasteiger partial charge in [-0.2, -0.15) is 5.10 Å². The minimum Gasteiger partial charge on any atom is -0.461 e. The van der Waals surface area contributed by atoms with E-state index in [0.29, 0.717) is 22.5 Å². The van der Waals surface area contributed by atoms with Crippen LogP contribution in [0.15, 0.2) is 53.7 Å². The molecule has 26 heavy (non-hydrogen) atoms. The highest BCUT2D eigenvalue weighted by molar-refractivity contribution is 7.90. The van der Waals surface area contributed by atoms with E-state index >= 15 is 0 Å². The number of hydrogen-bond acceptors (Lipinski definition) is 6. The van der Waals surface area contributed by atoms with Crippen LogP contribution in [0.4, 0.5) is 0 Å². The Morgan fingerprint density at radius 2 is 2.04 bits per heavy atom. The molecule has 7 nitrogen and oxygen atoms in total. The third kappa shape index (κ3) is 2.50. The van der Waals surface area contributed by atoms with E-state index in [1.807, 2.05) is 0 Å². The molecule has 0 fully saturated rings. The van der Waals surface area contributed by atoms with Crippen molar-refractivity contribution in [1.29, 1.82) is 0 Å². The van der Waals surface area contributed by atoms with Gasteiger partial charge in [0.2, 0.25) is 0 Å². The standard InChI is InChI=1S/C18H15N3O4S/c1-2-25-18(22)16-14-11-26(23,24)15-8-4-3-7-13(15)17(14)21(20-16)12-6-5-9-19-10-12/h3-10H,2,11H2,1H3. The molecule has 132 valence electrons. The minimum atomic E-state index is -3.57. The van der Waals surface area contributed by atoms with Crippen LogP contribution in [-0.4, -0.2) is 35.8 Å². The van der Waals surface area contributed by atoms with Gasteiger partial charge in [0.15, 0.2) is 15.5 Å². The molecule has 1 aromatic carbocycles. The van der Waals surface area contributed by atoms with Gasteiger partial charge in [-0.05, 0) is 25.1 Å². The molecular weight excluding hydrogens is 354 g/mol. The smallest absolute Gasteiger partial charge is 0.359 e. The molecule has 3 heterocycles. The van der Waals surface area contributed by atoms with Gasteiger partial charge in [-0.1, -0.05) is 18.2 Å². The zero-order valence-electron chi connectivity index (χ0n) is 13.9. The summed E-state index contributed by atoms with van der Waals surface area (Å²) in [4.78, 5) is 16.7. The summed E-state index contributed by atoms with van der Waals surface area (Å²) < 4.78 is 32.1. The summed E-state index contributed by atoms with van der Waals surface area (Å²) in [6.07, 6.45) is 3.23. The summed E-state index contributed by atoms with van der Waals surface area (Å²) in [5.74, 6) is -0.936. The highest BCUT2D eigenvalue weighted by atomic mass is 32.2. The van der Waals surface area contributed by atoms with Crippen molar-refractivity contribution >= 4 is 15.8 Å². The van der Waals surface area contributed by atoms with Gasteiger partial charge < -0.3 is 4.74 Å². The van der Waals surface area contributed by atoms with Gasteiger partial charge in [-0.25, -0.2) is 17.9 Å². The zero-order valence-corrected chi connectivity index (χ0v) is 14.7. The normalized spacial score (nSPS) is 14.3. The van der Waals surface area contributed by atoms with Crippen LogP contribution < -0.4 is 0 Å². The lowest BCUT2D eigenvalue weighted by atomic mass is 10.1. The molecule has 0 aliphatic carbocycles. The van der Waals surface area contributed by atoms with E-state index in [1.54, 1.807) is 60.4 Å². The molecule has 4 rings (SSSR count). The molecule has 1 aliphatic rings. The molecular formula is C18H15N3O4S. The van der Waals surface area contributed by atoms with Gasteiger partial charge in [0.25, 0.3) is 0 Å². The second-order valence-electron chi connectivity index (χ2n) is 5.77. The fourth-order valence-electron chi connectivity index (χ4n) is 3.09. The number of pyridine rings is 1. The Kier molecular flexibility index (Phi) is 3.84. The Hall–Kier alpha value is -3.00. The van der Waals surface area contributed by atoms with Crippen LogP contribution in [-0.2, 0) is 20.3 Å². The maximum absolute atomic E-state index is 12.7. The number of sulfone groups is 1. The summed E-state index contributed by atoms with van der Waals surface area (Å²) in [6, 6.07) is 10.3. The van der Waals surface area contributed by atoms with Crippen molar-refractivity contribution in [3.8, 4) is 16.9 Å². The molecule has 0 spiro atoms. The van der Waals surface area contributed by atoms with Crippen LogP contribution in [0.2, 0.25) is 0 Å². The average molecular weight is 369 g/mol. The van der Waals surface area contributed by atoms with Gasteiger partial charge in [0.05, 0.1) is 34.8 Å². The number of esters is 1. The third-order valence-corrected chi connectivity index (χ3v) is 5.85. The summed E-state index contributed by atoms with van der Waals surface area (Å²) >= 11 is 0. The van der Waals surface area contributed by atoms with E-state index in [0.717, 1.165) is 0 Å². The molecule has 1 aliphatic heterocycles. The second-order valence-corrected chi connectivity index (χ2v) is 7.73. The maximum atomic E-state index is 12.7. The molecule has 0 atom stereocenters. The van der Waals surface area contributed by atoms with E-state index in [4.69, 9.17) is 4.74 Å². The molecule has 0 amide bonds. The lowest BCUT2D eigenvalue weighted by Gasteiger charge is -2.18. The van der Waals surface area contributed by atoms with Crippen molar-refractivity contribution in [2.24, 2.45) is 0 Å². The van der Waals surface area contributed by atoms with Crippen LogP contribution in [0.1, 0.15) is 23.0 Å². The van der Waals surface area contributed by atoms with Crippen LogP contribution in [0, 0.1) is 0 Å². The number of nitrogens with zero attached hydrogens (tertiary/aromatic N) is 3. The van der Waals surface area contributed by atoms with Gasteiger partial charge in [-0.15, -0.1) is 0 Å². The number of rotatable bonds is 3. The molecule has 0 N–H and O–H groups in total. The SMILES string of the molecule is CCOC(=O)c1nn(-c2cccnc2)c2c1CS(=O)(=O)c1ccccc1-2. The molecule has 0 bridgehead atoms. The fraction of sp³-hybridized carbons (Fsp3) is 0.167. The Morgan fingerprint density at radius 1 is 1.23 bits per heavy atom. The number of carbonyl (C=O) groups is 1. The van der Waals surface area contributed by atoms with Gasteiger partial charge >= 0.3 is 5.97 Å². The molecule has 0 saturated carbocycles. The average Bonchev–Trinajstić information content (AvgIpc) is 3.01. The Bertz CT molecular complexity index is 1100. The lowest BCUT2D eigenvalue weighted by molar-refractivity contribution is 0.0518. The first kappa shape index (κ1) is 16.5. The fourth-order valence-corrected chi connectivity index (χ4v) is 4.69. The van der Waals surface area contributed by atoms with Gasteiger partial charge in [-0.3, -0.25) is 4.98 Å². The second kappa shape index (κ2) is 6.06. The van der Waals surface area contributed by atoms with E-state index < -0.39 is 15.8 Å². The Balaban J connectivity index is 2.05. The predicted octanol–water partition coefficient (Wildman–Crippen LogP) is 2.40. The first-order valence-corrected chi connectivity index (χ1v) is 9.69. The quantitative estimate of drug-likeness (QED) is 0.659. The van der Waals surface area contributed by atoms with Crippen molar-refractivity contribution in [2.45, 2.75) is 17.6 Å². The predicted molar refractivity (Wildman–Crippen MR) is 93.6 cm³/mol. The van der Waals surface area contributed by atoms with Crippen LogP contribution in [0.3, 0.4) is 0 Å².